The summed E-state index contributed by atoms with van der Waals surface area (Å²) < 4.78 is 0. The minimum Gasteiger partial charge on any atom is -0.391 e. The van der Waals surface area contributed by atoms with Gasteiger partial charge in [0.25, 0.3) is 0 Å². The molecule has 0 radical (unpaired) electrons. The largest absolute Gasteiger partial charge is 0.391 e. The molecule has 0 amide bonds. The monoisotopic (exact) mass is 199 g/mol. The summed E-state index contributed by atoms with van der Waals surface area (Å²) in [5.41, 5.74) is 6.44. The molecule has 2 nitrogen and oxygen atoms in total. The highest BCUT2D eigenvalue weighted by Crippen LogP contribution is 2.17. The second-order valence-corrected chi connectivity index (χ2v) is 5.22. The molecule has 0 saturated carbocycles. The van der Waals surface area contributed by atoms with Crippen molar-refractivity contribution in [2.45, 2.75) is 38.8 Å². The van der Waals surface area contributed by atoms with E-state index in [2.05, 4.69) is 18.4 Å². The van der Waals surface area contributed by atoms with Crippen LogP contribution in [-0.4, -0.2) is 16.7 Å². The fourth-order valence-corrected chi connectivity index (χ4v) is 1.81. The lowest BCUT2D eigenvalue weighted by molar-refractivity contribution is 0.104. The number of hydrogen-bond acceptors (Lipinski definition) is 3. The second-order valence-electron chi connectivity index (χ2n) is 4.11. The Labute approximate surface area is 83.4 Å². The molecule has 1 unspecified atom stereocenters. The maximum absolute atomic E-state index is 9.73. The summed E-state index contributed by atoms with van der Waals surface area (Å²) in [6.45, 7) is 5.75. The average Bonchev–Trinajstić information content (AvgIpc) is 2.33. The van der Waals surface area contributed by atoms with Crippen LogP contribution in [0.1, 0.15) is 24.3 Å². The summed E-state index contributed by atoms with van der Waals surface area (Å²) in [5.74, 6) is 0. The maximum atomic E-state index is 9.73. The highest BCUT2D eigenvalue weighted by Gasteiger charge is 2.22. The third-order valence-corrected chi connectivity index (χ3v) is 2.98. The Morgan fingerprint density at radius 1 is 1.62 bits per heavy atom. The molecule has 0 aliphatic rings. The van der Waals surface area contributed by atoms with Gasteiger partial charge in [0, 0.05) is 16.8 Å². The first kappa shape index (κ1) is 10.7. The molecule has 1 atom stereocenters. The minimum atomic E-state index is -0.518. The van der Waals surface area contributed by atoms with Crippen LogP contribution in [0.4, 0.5) is 0 Å². The Hall–Kier alpha value is -0.380. The van der Waals surface area contributed by atoms with Gasteiger partial charge in [0.15, 0.2) is 0 Å². The van der Waals surface area contributed by atoms with Crippen molar-refractivity contribution in [1.29, 1.82) is 0 Å². The summed E-state index contributed by atoms with van der Waals surface area (Å²) in [6.07, 6.45) is 0.176. The minimum absolute atomic E-state index is 0.471. The molecule has 1 aromatic rings. The van der Waals surface area contributed by atoms with Gasteiger partial charge in [-0.1, -0.05) is 0 Å². The summed E-state index contributed by atoms with van der Waals surface area (Å²) >= 11 is 1.71. The first-order valence-corrected chi connectivity index (χ1v) is 5.28. The molecule has 13 heavy (non-hydrogen) atoms. The van der Waals surface area contributed by atoms with Crippen molar-refractivity contribution in [2.24, 2.45) is 5.73 Å². The van der Waals surface area contributed by atoms with Gasteiger partial charge in [0.05, 0.1) is 6.10 Å². The average molecular weight is 199 g/mol. The summed E-state index contributed by atoms with van der Waals surface area (Å²) in [5, 5.41) is 11.8. The third kappa shape index (κ3) is 3.10. The molecular weight excluding hydrogens is 182 g/mol. The molecule has 3 N–H and O–H groups in total. The molecule has 1 aromatic heterocycles. The zero-order chi connectivity index (χ0) is 10.1. The molecule has 0 aliphatic heterocycles. The third-order valence-electron chi connectivity index (χ3n) is 2.07. The Kier molecular flexibility index (Phi) is 3.11. The van der Waals surface area contributed by atoms with Gasteiger partial charge < -0.3 is 10.8 Å². The Morgan fingerprint density at radius 3 is 2.62 bits per heavy atom. The molecule has 1 heterocycles. The molecule has 3 heteroatoms. The van der Waals surface area contributed by atoms with E-state index in [9.17, 15) is 5.11 Å². The lowest BCUT2D eigenvalue weighted by Crippen LogP contribution is -2.46. The summed E-state index contributed by atoms with van der Waals surface area (Å²) in [6, 6.07) is 2.10. The van der Waals surface area contributed by atoms with Crippen LogP contribution in [0.15, 0.2) is 11.4 Å². The highest BCUT2D eigenvalue weighted by molar-refractivity contribution is 7.10. The van der Waals surface area contributed by atoms with Gasteiger partial charge in [-0.15, -0.1) is 11.3 Å². The van der Waals surface area contributed by atoms with Crippen LogP contribution in [0.5, 0.6) is 0 Å². The SMILES string of the molecule is Cc1cc(CC(O)C(C)(C)N)cs1. The molecule has 0 saturated heterocycles. The van der Waals surface area contributed by atoms with E-state index >= 15 is 0 Å². The number of nitrogens with two attached hydrogens (primary N) is 1. The maximum Gasteiger partial charge on any atom is 0.0754 e. The number of aliphatic hydroxyl groups is 1. The van der Waals surface area contributed by atoms with E-state index in [1.807, 2.05) is 13.8 Å². The van der Waals surface area contributed by atoms with Gasteiger partial charge in [-0.3, -0.25) is 0 Å². The van der Waals surface area contributed by atoms with Gasteiger partial charge in [-0.05, 0) is 37.8 Å². The van der Waals surface area contributed by atoms with Gasteiger partial charge in [0.1, 0.15) is 0 Å². The van der Waals surface area contributed by atoms with Crippen molar-refractivity contribution in [2.75, 3.05) is 0 Å². The second kappa shape index (κ2) is 3.78. The summed E-state index contributed by atoms with van der Waals surface area (Å²) in [4.78, 5) is 1.28. The fraction of sp³-hybridized carbons (Fsp3) is 0.600. The van der Waals surface area contributed by atoms with Gasteiger partial charge in [0.2, 0.25) is 0 Å². The lowest BCUT2D eigenvalue weighted by atomic mass is 9.94. The van der Waals surface area contributed by atoms with Crippen molar-refractivity contribution in [3.63, 3.8) is 0 Å². The number of aryl methyl sites for hydroxylation is 1. The molecule has 0 spiro atoms. The van der Waals surface area contributed by atoms with Crippen LogP contribution < -0.4 is 5.73 Å². The quantitative estimate of drug-likeness (QED) is 0.778. The lowest BCUT2D eigenvalue weighted by Gasteiger charge is -2.25. The Balaban J connectivity index is 2.60. The normalized spacial score (nSPS) is 14.5. The molecule has 0 aromatic carbocycles. The number of thiophene rings is 1. The molecule has 1 rings (SSSR count). The van der Waals surface area contributed by atoms with E-state index in [1.165, 1.54) is 10.4 Å². The van der Waals surface area contributed by atoms with Crippen LogP contribution >= 0.6 is 11.3 Å². The van der Waals surface area contributed by atoms with E-state index in [1.54, 1.807) is 11.3 Å². The summed E-state index contributed by atoms with van der Waals surface area (Å²) in [7, 11) is 0. The van der Waals surface area contributed by atoms with E-state index in [4.69, 9.17) is 5.73 Å². The van der Waals surface area contributed by atoms with Gasteiger partial charge in [-0.2, -0.15) is 0 Å². The van der Waals surface area contributed by atoms with E-state index in [0.717, 1.165) is 0 Å². The number of rotatable bonds is 3. The molecule has 74 valence electrons. The van der Waals surface area contributed by atoms with Crippen molar-refractivity contribution in [1.82, 2.24) is 0 Å². The first-order valence-electron chi connectivity index (χ1n) is 4.40. The molecular formula is C10H17NOS. The van der Waals surface area contributed by atoms with E-state index in [-0.39, 0.29) is 0 Å². The van der Waals surface area contributed by atoms with Crippen LogP contribution in [0.3, 0.4) is 0 Å². The molecule has 0 aliphatic carbocycles. The standard InChI is InChI=1S/C10H17NOS/c1-7-4-8(6-13-7)5-9(12)10(2,3)11/h4,6,9,12H,5,11H2,1-3H3. The predicted octanol–water partition coefficient (Wildman–Crippen LogP) is 1.70. The van der Waals surface area contributed by atoms with E-state index in [0.29, 0.717) is 6.42 Å². The van der Waals surface area contributed by atoms with E-state index < -0.39 is 11.6 Å². The zero-order valence-electron chi connectivity index (χ0n) is 8.37. The van der Waals surface area contributed by atoms with Crippen LogP contribution in [0.25, 0.3) is 0 Å². The Morgan fingerprint density at radius 2 is 2.23 bits per heavy atom. The van der Waals surface area contributed by atoms with Crippen molar-refractivity contribution in [3.05, 3.63) is 21.9 Å². The highest BCUT2D eigenvalue weighted by atomic mass is 32.1. The van der Waals surface area contributed by atoms with Gasteiger partial charge >= 0.3 is 0 Å². The van der Waals surface area contributed by atoms with Gasteiger partial charge in [-0.25, -0.2) is 0 Å². The van der Waals surface area contributed by atoms with Crippen molar-refractivity contribution >= 4 is 11.3 Å². The fourth-order valence-electron chi connectivity index (χ4n) is 1.09. The van der Waals surface area contributed by atoms with Crippen molar-refractivity contribution < 1.29 is 5.11 Å². The smallest absolute Gasteiger partial charge is 0.0754 e. The van der Waals surface area contributed by atoms with Crippen molar-refractivity contribution in [3.8, 4) is 0 Å². The molecule has 0 fully saturated rings. The van der Waals surface area contributed by atoms with Crippen LogP contribution in [0.2, 0.25) is 0 Å². The van der Waals surface area contributed by atoms with Crippen LogP contribution in [0, 0.1) is 6.92 Å². The topological polar surface area (TPSA) is 46.2 Å². The molecule has 0 bridgehead atoms. The first-order chi connectivity index (χ1) is 5.89. The number of aliphatic hydroxyl groups excluding tert-OH is 1. The predicted molar refractivity (Wildman–Crippen MR) is 57.0 cm³/mol. The number of hydrogen-bond donors (Lipinski definition) is 2. The Bertz CT molecular complexity index is 275. The van der Waals surface area contributed by atoms with Crippen LogP contribution in [-0.2, 0) is 6.42 Å². The zero-order valence-corrected chi connectivity index (χ0v) is 9.19.